The predicted molar refractivity (Wildman–Crippen MR) is 50.5 cm³/mol. The molecule has 1 saturated heterocycles. The lowest BCUT2D eigenvalue weighted by Crippen LogP contribution is -2.24. The van der Waals surface area contributed by atoms with Gasteiger partial charge in [0.05, 0.1) is 5.92 Å². The molecule has 5 heteroatoms. The highest BCUT2D eigenvalue weighted by molar-refractivity contribution is 7.10. The van der Waals surface area contributed by atoms with Gasteiger partial charge in [-0.1, -0.05) is 6.07 Å². The topological polar surface area (TPSA) is 66.4 Å². The predicted octanol–water partition coefficient (Wildman–Crippen LogP) is 0.444. The number of imide groups is 1. The van der Waals surface area contributed by atoms with Gasteiger partial charge in [0.25, 0.3) is 0 Å². The first-order valence-electron chi connectivity index (χ1n) is 4.23. The third-order valence-corrected chi connectivity index (χ3v) is 3.16. The molecule has 14 heavy (non-hydrogen) atoms. The maximum atomic E-state index is 11.2. The zero-order valence-corrected chi connectivity index (χ0v) is 8.08. The summed E-state index contributed by atoms with van der Waals surface area (Å²) in [6.45, 7) is 0. The highest BCUT2D eigenvalue weighted by Crippen LogP contribution is 2.30. The average Bonchev–Trinajstić information content (AvgIpc) is 2.73. The van der Waals surface area contributed by atoms with E-state index in [1.165, 1.54) is 11.3 Å². The standard InChI is InChI=1S/C9H9NO3S/c11-7-4-5(9(13)10-7)8(12)6-2-1-3-14-6/h1-3,5,8,12H,4H2,(H,10,11,13)/t5-,8-/m1/s1. The summed E-state index contributed by atoms with van der Waals surface area (Å²) in [4.78, 5) is 22.9. The highest BCUT2D eigenvalue weighted by atomic mass is 32.1. The molecule has 0 aromatic carbocycles. The lowest BCUT2D eigenvalue weighted by molar-refractivity contribution is -0.127. The number of aliphatic hydroxyl groups excluding tert-OH is 1. The Morgan fingerprint density at radius 3 is 2.86 bits per heavy atom. The minimum absolute atomic E-state index is 0.0813. The van der Waals surface area contributed by atoms with Crippen LogP contribution in [0.2, 0.25) is 0 Å². The maximum absolute atomic E-state index is 11.2. The fourth-order valence-electron chi connectivity index (χ4n) is 1.49. The number of carbonyl (C=O) groups excluding carboxylic acids is 2. The summed E-state index contributed by atoms with van der Waals surface area (Å²) < 4.78 is 0. The molecule has 0 unspecified atom stereocenters. The molecule has 74 valence electrons. The molecule has 0 aliphatic carbocycles. The monoisotopic (exact) mass is 211 g/mol. The van der Waals surface area contributed by atoms with Gasteiger partial charge in [-0.05, 0) is 11.4 Å². The van der Waals surface area contributed by atoms with Crippen LogP contribution in [0.3, 0.4) is 0 Å². The molecule has 0 bridgehead atoms. The van der Waals surface area contributed by atoms with E-state index >= 15 is 0 Å². The van der Waals surface area contributed by atoms with Crippen LogP contribution in [0.25, 0.3) is 0 Å². The van der Waals surface area contributed by atoms with Crippen molar-refractivity contribution in [2.24, 2.45) is 5.92 Å². The molecule has 2 atom stereocenters. The Labute approximate surface area is 84.6 Å². The maximum Gasteiger partial charge on any atom is 0.233 e. The summed E-state index contributed by atoms with van der Waals surface area (Å²) in [5, 5.41) is 13.8. The van der Waals surface area contributed by atoms with E-state index in [0.29, 0.717) is 0 Å². The number of carbonyl (C=O) groups is 2. The number of hydrogen-bond donors (Lipinski definition) is 2. The minimum Gasteiger partial charge on any atom is -0.387 e. The van der Waals surface area contributed by atoms with Gasteiger partial charge in [0.15, 0.2) is 0 Å². The van der Waals surface area contributed by atoms with Crippen molar-refractivity contribution in [1.82, 2.24) is 5.32 Å². The van der Waals surface area contributed by atoms with E-state index in [0.717, 1.165) is 4.88 Å². The largest absolute Gasteiger partial charge is 0.387 e. The van der Waals surface area contributed by atoms with E-state index in [1.54, 1.807) is 12.1 Å². The van der Waals surface area contributed by atoms with Crippen molar-refractivity contribution in [2.75, 3.05) is 0 Å². The first-order valence-corrected chi connectivity index (χ1v) is 5.11. The minimum atomic E-state index is -0.860. The lowest BCUT2D eigenvalue weighted by atomic mass is 10.00. The molecule has 1 fully saturated rings. The van der Waals surface area contributed by atoms with Gasteiger partial charge in [-0.15, -0.1) is 11.3 Å². The quantitative estimate of drug-likeness (QED) is 0.698. The fourth-order valence-corrected chi connectivity index (χ4v) is 2.26. The van der Waals surface area contributed by atoms with Crippen molar-refractivity contribution >= 4 is 23.2 Å². The van der Waals surface area contributed by atoms with Gasteiger partial charge >= 0.3 is 0 Å². The second-order valence-corrected chi connectivity index (χ2v) is 4.16. The zero-order valence-electron chi connectivity index (χ0n) is 7.27. The third kappa shape index (κ3) is 1.56. The van der Waals surface area contributed by atoms with Crippen LogP contribution >= 0.6 is 11.3 Å². The molecule has 4 nitrogen and oxygen atoms in total. The molecular formula is C9H9NO3S. The van der Waals surface area contributed by atoms with E-state index in [-0.39, 0.29) is 18.2 Å². The molecule has 2 heterocycles. The van der Waals surface area contributed by atoms with Crippen LogP contribution < -0.4 is 5.32 Å². The van der Waals surface area contributed by atoms with Crippen molar-refractivity contribution in [1.29, 1.82) is 0 Å². The van der Waals surface area contributed by atoms with Crippen LogP contribution in [0, 0.1) is 5.92 Å². The van der Waals surface area contributed by atoms with Gasteiger partial charge in [0.1, 0.15) is 6.10 Å². The number of aliphatic hydroxyl groups is 1. The van der Waals surface area contributed by atoms with Crippen LogP contribution in [0.1, 0.15) is 17.4 Å². The Balaban J connectivity index is 2.16. The average molecular weight is 211 g/mol. The molecule has 1 aromatic rings. The van der Waals surface area contributed by atoms with Crippen LogP contribution in [0.5, 0.6) is 0 Å². The molecule has 1 aromatic heterocycles. The normalized spacial score (nSPS) is 23.6. The lowest BCUT2D eigenvalue weighted by Gasteiger charge is -2.12. The molecular weight excluding hydrogens is 202 g/mol. The molecule has 0 spiro atoms. The number of hydrogen-bond acceptors (Lipinski definition) is 4. The first-order chi connectivity index (χ1) is 6.68. The first kappa shape index (κ1) is 9.36. The number of thiophene rings is 1. The van der Waals surface area contributed by atoms with E-state index in [1.807, 2.05) is 5.38 Å². The van der Waals surface area contributed by atoms with Crippen LogP contribution in [0.15, 0.2) is 17.5 Å². The number of nitrogens with one attached hydrogen (secondary N) is 1. The summed E-state index contributed by atoms with van der Waals surface area (Å²) in [6.07, 6.45) is -0.779. The molecule has 2 rings (SSSR count). The Morgan fingerprint density at radius 2 is 2.36 bits per heavy atom. The zero-order chi connectivity index (χ0) is 10.1. The van der Waals surface area contributed by atoms with Crippen molar-refractivity contribution < 1.29 is 14.7 Å². The molecule has 0 radical (unpaired) electrons. The van der Waals surface area contributed by atoms with Gasteiger partial charge in [-0.3, -0.25) is 14.9 Å². The van der Waals surface area contributed by atoms with Crippen LogP contribution in [-0.4, -0.2) is 16.9 Å². The van der Waals surface area contributed by atoms with E-state index in [2.05, 4.69) is 5.32 Å². The molecule has 2 N–H and O–H groups in total. The van der Waals surface area contributed by atoms with E-state index in [4.69, 9.17) is 0 Å². The fraction of sp³-hybridized carbons (Fsp3) is 0.333. The van der Waals surface area contributed by atoms with Crippen molar-refractivity contribution in [2.45, 2.75) is 12.5 Å². The smallest absolute Gasteiger partial charge is 0.233 e. The second-order valence-electron chi connectivity index (χ2n) is 3.18. The summed E-state index contributed by atoms with van der Waals surface area (Å²) in [5.41, 5.74) is 0. The van der Waals surface area contributed by atoms with Crippen LogP contribution in [0.4, 0.5) is 0 Å². The Kier molecular flexibility index (Phi) is 2.35. The molecule has 1 aliphatic heterocycles. The Bertz CT molecular complexity index is 360. The second kappa shape index (κ2) is 3.51. The molecule has 0 saturated carbocycles. The summed E-state index contributed by atoms with van der Waals surface area (Å²) in [6, 6.07) is 3.56. The van der Waals surface area contributed by atoms with Gasteiger partial charge < -0.3 is 5.11 Å². The van der Waals surface area contributed by atoms with E-state index in [9.17, 15) is 14.7 Å². The van der Waals surface area contributed by atoms with Crippen LogP contribution in [-0.2, 0) is 9.59 Å². The number of amides is 2. The van der Waals surface area contributed by atoms with Gasteiger partial charge in [0, 0.05) is 11.3 Å². The molecule has 1 aliphatic rings. The van der Waals surface area contributed by atoms with Gasteiger partial charge in [-0.2, -0.15) is 0 Å². The molecule has 2 amide bonds. The Morgan fingerprint density at radius 1 is 1.57 bits per heavy atom. The SMILES string of the molecule is O=C1C[C@H]([C@@H](O)c2cccs2)C(=O)N1. The highest BCUT2D eigenvalue weighted by Gasteiger charge is 2.36. The van der Waals surface area contributed by atoms with Gasteiger partial charge in [-0.25, -0.2) is 0 Å². The van der Waals surface area contributed by atoms with Crippen molar-refractivity contribution in [3.05, 3.63) is 22.4 Å². The Hall–Kier alpha value is -1.20. The summed E-state index contributed by atoms with van der Waals surface area (Å²) >= 11 is 1.38. The van der Waals surface area contributed by atoms with E-state index < -0.39 is 12.0 Å². The number of rotatable bonds is 2. The van der Waals surface area contributed by atoms with Crippen molar-refractivity contribution in [3.63, 3.8) is 0 Å². The summed E-state index contributed by atoms with van der Waals surface area (Å²) in [7, 11) is 0. The third-order valence-electron chi connectivity index (χ3n) is 2.22. The van der Waals surface area contributed by atoms with Crippen molar-refractivity contribution in [3.8, 4) is 0 Å². The van der Waals surface area contributed by atoms with Gasteiger partial charge in [0.2, 0.25) is 11.8 Å². The summed E-state index contributed by atoms with van der Waals surface area (Å²) in [5.74, 6) is -1.31.